The summed E-state index contributed by atoms with van der Waals surface area (Å²) in [6.07, 6.45) is 8.09. The number of nitrogens with zero attached hydrogens (tertiary/aromatic N) is 2. The molecule has 0 spiro atoms. The minimum atomic E-state index is 0.489. The van der Waals surface area contributed by atoms with Gasteiger partial charge in [0.25, 0.3) is 0 Å². The van der Waals surface area contributed by atoms with Crippen LogP contribution in [-0.2, 0) is 0 Å². The van der Waals surface area contributed by atoms with Crippen LogP contribution in [0.15, 0.2) is 66.9 Å². The van der Waals surface area contributed by atoms with Gasteiger partial charge in [-0.15, -0.1) is 0 Å². The molecule has 5 nitrogen and oxygen atoms in total. The normalized spacial score (nSPS) is 14.5. The highest BCUT2D eigenvalue weighted by Crippen LogP contribution is 2.24. The van der Waals surface area contributed by atoms with Crippen molar-refractivity contribution in [3.8, 4) is 11.5 Å². The van der Waals surface area contributed by atoms with Gasteiger partial charge in [0.05, 0.1) is 0 Å². The van der Waals surface area contributed by atoms with Crippen LogP contribution in [0, 0.1) is 0 Å². The molecule has 0 saturated heterocycles. The number of anilines is 3. The van der Waals surface area contributed by atoms with Gasteiger partial charge in [0, 0.05) is 17.9 Å². The molecule has 1 aromatic heterocycles. The van der Waals surface area contributed by atoms with Crippen molar-refractivity contribution in [1.29, 1.82) is 0 Å². The highest BCUT2D eigenvalue weighted by atomic mass is 16.5. The number of para-hydroxylation sites is 1. The highest BCUT2D eigenvalue weighted by molar-refractivity contribution is 5.58. The second-order valence-electron chi connectivity index (χ2n) is 6.81. The number of benzene rings is 2. The molecule has 1 aliphatic carbocycles. The van der Waals surface area contributed by atoms with E-state index in [1.165, 1.54) is 32.1 Å². The Morgan fingerprint density at radius 3 is 2.33 bits per heavy atom. The highest BCUT2D eigenvalue weighted by Gasteiger charge is 2.14. The second-order valence-corrected chi connectivity index (χ2v) is 6.81. The van der Waals surface area contributed by atoms with E-state index < -0.39 is 0 Å². The van der Waals surface area contributed by atoms with Crippen LogP contribution in [0.4, 0.5) is 17.5 Å². The first-order chi connectivity index (χ1) is 13.3. The molecule has 0 bridgehead atoms. The van der Waals surface area contributed by atoms with Crippen molar-refractivity contribution in [3.63, 3.8) is 0 Å². The Morgan fingerprint density at radius 1 is 0.815 bits per heavy atom. The second kappa shape index (κ2) is 8.54. The average Bonchev–Trinajstić information content (AvgIpc) is 2.71. The molecule has 27 heavy (non-hydrogen) atoms. The van der Waals surface area contributed by atoms with E-state index in [0.29, 0.717) is 12.0 Å². The fourth-order valence-electron chi connectivity index (χ4n) is 3.31. The summed E-state index contributed by atoms with van der Waals surface area (Å²) < 4.78 is 5.82. The molecule has 5 heteroatoms. The predicted octanol–water partition coefficient (Wildman–Crippen LogP) is 5.76. The van der Waals surface area contributed by atoms with Crippen molar-refractivity contribution < 1.29 is 4.74 Å². The van der Waals surface area contributed by atoms with Gasteiger partial charge in [-0.2, -0.15) is 4.98 Å². The molecule has 138 valence electrons. The predicted molar refractivity (Wildman–Crippen MR) is 109 cm³/mol. The van der Waals surface area contributed by atoms with Gasteiger partial charge < -0.3 is 15.4 Å². The van der Waals surface area contributed by atoms with E-state index in [4.69, 9.17) is 4.74 Å². The maximum atomic E-state index is 5.82. The van der Waals surface area contributed by atoms with Crippen LogP contribution >= 0.6 is 0 Å². The van der Waals surface area contributed by atoms with E-state index >= 15 is 0 Å². The Labute approximate surface area is 159 Å². The Kier molecular flexibility index (Phi) is 5.48. The Hall–Kier alpha value is -3.08. The van der Waals surface area contributed by atoms with E-state index in [0.717, 1.165) is 23.0 Å². The standard InChI is InChI=1S/C22H24N4O/c1-3-7-17(8-4-1)25-22-23-16-15-21(26-22)24-18-11-13-20(14-12-18)27-19-9-5-2-6-10-19/h2,5-6,9-17H,1,3-4,7-8H2,(H2,23,24,25,26). The zero-order chi connectivity index (χ0) is 18.3. The fourth-order valence-corrected chi connectivity index (χ4v) is 3.31. The van der Waals surface area contributed by atoms with E-state index in [1.54, 1.807) is 6.20 Å². The SMILES string of the molecule is c1ccc(Oc2ccc(Nc3ccnc(NC4CCCCC4)n3)cc2)cc1. The fraction of sp³-hybridized carbons (Fsp3) is 0.273. The molecule has 1 fully saturated rings. The third kappa shape index (κ3) is 4.97. The number of ether oxygens (including phenoxy) is 1. The summed E-state index contributed by atoms with van der Waals surface area (Å²) in [4.78, 5) is 8.94. The monoisotopic (exact) mass is 360 g/mol. The summed E-state index contributed by atoms with van der Waals surface area (Å²) >= 11 is 0. The Morgan fingerprint density at radius 2 is 1.56 bits per heavy atom. The van der Waals surface area contributed by atoms with E-state index in [9.17, 15) is 0 Å². The number of rotatable bonds is 6. The first-order valence-electron chi connectivity index (χ1n) is 9.55. The van der Waals surface area contributed by atoms with Crippen LogP contribution in [0.5, 0.6) is 11.5 Å². The molecule has 4 rings (SSSR count). The molecular weight excluding hydrogens is 336 g/mol. The number of hydrogen-bond acceptors (Lipinski definition) is 5. The molecule has 2 N–H and O–H groups in total. The van der Waals surface area contributed by atoms with Crippen molar-refractivity contribution >= 4 is 17.5 Å². The summed E-state index contributed by atoms with van der Waals surface area (Å²) in [5.74, 6) is 3.09. The van der Waals surface area contributed by atoms with E-state index in [2.05, 4.69) is 20.6 Å². The van der Waals surface area contributed by atoms with Crippen molar-refractivity contribution in [3.05, 3.63) is 66.9 Å². The third-order valence-corrected chi connectivity index (χ3v) is 4.70. The van der Waals surface area contributed by atoms with Gasteiger partial charge in [-0.1, -0.05) is 37.5 Å². The van der Waals surface area contributed by atoms with Crippen LogP contribution in [0.3, 0.4) is 0 Å². The molecular formula is C22H24N4O. The lowest BCUT2D eigenvalue weighted by molar-refractivity contribution is 0.461. The maximum Gasteiger partial charge on any atom is 0.224 e. The first kappa shape index (κ1) is 17.3. The van der Waals surface area contributed by atoms with Gasteiger partial charge in [0.2, 0.25) is 5.95 Å². The lowest BCUT2D eigenvalue weighted by atomic mass is 9.96. The van der Waals surface area contributed by atoms with Gasteiger partial charge in [-0.25, -0.2) is 4.98 Å². The van der Waals surface area contributed by atoms with Crippen LogP contribution in [0.2, 0.25) is 0 Å². The molecule has 0 amide bonds. The minimum absolute atomic E-state index is 0.489. The molecule has 2 aromatic carbocycles. The summed E-state index contributed by atoms with van der Waals surface area (Å²) in [6.45, 7) is 0. The summed E-state index contributed by atoms with van der Waals surface area (Å²) in [5.41, 5.74) is 0.956. The van der Waals surface area contributed by atoms with Gasteiger partial charge in [-0.05, 0) is 55.3 Å². The largest absolute Gasteiger partial charge is 0.457 e. The summed E-state index contributed by atoms with van der Waals surface area (Å²) in [7, 11) is 0. The molecule has 3 aromatic rings. The Bertz CT molecular complexity index is 846. The zero-order valence-electron chi connectivity index (χ0n) is 15.3. The summed E-state index contributed by atoms with van der Waals surface area (Å²) in [6, 6.07) is 20.0. The van der Waals surface area contributed by atoms with Crippen LogP contribution in [0.1, 0.15) is 32.1 Å². The molecule has 0 atom stereocenters. The van der Waals surface area contributed by atoms with E-state index in [-0.39, 0.29) is 0 Å². The molecule has 1 aliphatic rings. The van der Waals surface area contributed by atoms with Gasteiger partial charge in [0.15, 0.2) is 0 Å². The van der Waals surface area contributed by atoms with Gasteiger partial charge >= 0.3 is 0 Å². The molecule has 1 saturated carbocycles. The first-order valence-corrected chi connectivity index (χ1v) is 9.55. The van der Waals surface area contributed by atoms with Crippen molar-refractivity contribution in [2.75, 3.05) is 10.6 Å². The lowest BCUT2D eigenvalue weighted by Gasteiger charge is -2.22. The Balaban J connectivity index is 1.37. The molecule has 1 heterocycles. The van der Waals surface area contributed by atoms with Gasteiger partial charge in [-0.3, -0.25) is 0 Å². The summed E-state index contributed by atoms with van der Waals surface area (Å²) in [5, 5.41) is 6.79. The topological polar surface area (TPSA) is 59.1 Å². The van der Waals surface area contributed by atoms with Crippen LogP contribution in [0.25, 0.3) is 0 Å². The quantitative estimate of drug-likeness (QED) is 0.585. The number of nitrogens with one attached hydrogen (secondary N) is 2. The van der Waals surface area contributed by atoms with Gasteiger partial charge in [0.1, 0.15) is 17.3 Å². The molecule has 0 unspecified atom stereocenters. The minimum Gasteiger partial charge on any atom is -0.457 e. The number of aromatic nitrogens is 2. The van der Waals surface area contributed by atoms with Crippen molar-refractivity contribution in [1.82, 2.24) is 9.97 Å². The van der Waals surface area contributed by atoms with Crippen molar-refractivity contribution in [2.24, 2.45) is 0 Å². The smallest absolute Gasteiger partial charge is 0.224 e. The molecule has 0 aliphatic heterocycles. The lowest BCUT2D eigenvalue weighted by Crippen LogP contribution is -2.23. The zero-order valence-corrected chi connectivity index (χ0v) is 15.3. The average molecular weight is 360 g/mol. The van der Waals surface area contributed by atoms with Crippen molar-refractivity contribution in [2.45, 2.75) is 38.1 Å². The van der Waals surface area contributed by atoms with Crippen LogP contribution in [-0.4, -0.2) is 16.0 Å². The maximum absolute atomic E-state index is 5.82. The third-order valence-electron chi connectivity index (χ3n) is 4.70. The van der Waals surface area contributed by atoms with Crippen LogP contribution < -0.4 is 15.4 Å². The molecule has 0 radical (unpaired) electrons. The van der Waals surface area contributed by atoms with E-state index in [1.807, 2.05) is 60.7 Å². The number of hydrogen-bond donors (Lipinski definition) is 2.